The Morgan fingerprint density at radius 2 is 1.95 bits per heavy atom. The molecule has 1 heterocycles. The molecule has 0 saturated carbocycles. The maximum absolute atomic E-state index is 13.0. The van der Waals surface area contributed by atoms with Crippen molar-refractivity contribution in [2.75, 3.05) is 5.32 Å². The molecule has 1 aliphatic rings. The van der Waals surface area contributed by atoms with E-state index in [0.717, 1.165) is 18.7 Å². The van der Waals surface area contributed by atoms with E-state index in [2.05, 4.69) is 10.6 Å². The molecule has 0 fully saturated rings. The summed E-state index contributed by atoms with van der Waals surface area (Å²) in [6.07, 6.45) is 0. The van der Waals surface area contributed by atoms with Crippen LogP contribution in [0.5, 0.6) is 0 Å². The highest BCUT2D eigenvalue weighted by atomic mass is 19.1. The van der Waals surface area contributed by atoms with Gasteiger partial charge in [0.2, 0.25) is 0 Å². The third-order valence-electron chi connectivity index (χ3n) is 3.54. The maximum Gasteiger partial charge on any atom is 0.255 e. The zero-order valence-corrected chi connectivity index (χ0v) is 11.2. The monoisotopic (exact) mass is 270 g/mol. The molecule has 20 heavy (non-hydrogen) atoms. The molecule has 2 N–H and O–H groups in total. The topological polar surface area (TPSA) is 41.1 Å². The zero-order chi connectivity index (χ0) is 14.1. The van der Waals surface area contributed by atoms with Gasteiger partial charge < -0.3 is 10.6 Å². The number of rotatable bonds is 2. The van der Waals surface area contributed by atoms with Crippen LogP contribution in [0.4, 0.5) is 10.1 Å². The average Bonchev–Trinajstić information content (AvgIpc) is 2.89. The molecule has 1 amide bonds. The van der Waals surface area contributed by atoms with E-state index in [1.54, 1.807) is 13.0 Å². The van der Waals surface area contributed by atoms with Gasteiger partial charge in [0, 0.05) is 24.3 Å². The summed E-state index contributed by atoms with van der Waals surface area (Å²) in [6.45, 7) is 3.42. The third-order valence-corrected chi connectivity index (χ3v) is 3.54. The first-order valence-electron chi connectivity index (χ1n) is 6.53. The normalized spacial score (nSPS) is 13.1. The first kappa shape index (κ1) is 12.8. The molecule has 0 unspecified atom stereocenters. The lowest BCUT2D eigenvalue weighted by Gasteiger charge is -2.09. The molecule has 0 spiro atoms. The molecule has 0 aromatic heterocycles. The lowest BCUT2D eigenvalue weighted by Crippen LogP contribution is -2.13. The minimum Gasteiger partial charge on any atom is -0.322 e. The van der Waals surface area contributed by atoms with E-state index < -0.39 is 0 Å². The van der Waals surface area contributed by atoms with E-state index in [4.69, 9.17) is 0 Å². The first-order valence-corrected chi connectivity index (χ1v) is 6.53. The minimum absolute atomic E-state index is 0.172. The van der Waals surface area contributed by atoms with Crippen LogP contribution in [-0.4, -0.2) is 5.91 Å². The quantitative estimate of drug-likeness (QED) is 0.880. The molecule has 0 atom stereocenters. The Bertz CT molecular complexity index is 682. The van der Waals surface area contributed by atoms with Crippen molar-refractivity contribution in [3.63, 3.8) is 0 Å². The molecular formula is C16H15FN2O. The number of nitrogens with one attached hydrogen (secondary N) is 2. The number of aryl methyl sites for hydroxylation is 1. The number of carbonyl (C=O) groups is 1. The van der Waals surface area contributed by atoms with E-state index in [0.29, 0.717) is 16.8 Å². The fourth-order valence-corrected chi connectivity index (χ4v) is 2.40. The van der Waals surface area contributed by atoms with Gasteiger partial charge in [-0.2, -0.15) is 0 Å². The summed E-state index contributed by atoms with van der Waals surface area (Å²) in [5.41, 5.74) is 4.36. The lowest BCUT2D eigenvalue weighted by atomic mass is 10.1. The molecule has 2 aromatic rings. The van der Waals surface area contributed by atoms with Crippen LogP contribution >= 0.6 is 0 Å². The van der Waals surface area contributed by atoms with Crippen LogP contribution in [0.25, 0.3) is 0 Å². The number of hydrogen-bond donors (Lipinski definition) is 2. The van der Waals surface area contributed by atoms with Crippen LogP contribution in [0.2, 0.25) is 0 Å². The average molecular weight is 270 g/mol. The summed E-state index contributed by atoms with van der Waals surface area (Å²) in [7, 11) is 0. The first-order chi connectivity index (χ1) is 9.63. The van der Waals surface area contributed by atoms with Gasteiger partial charge in [0.15, 0.2) is 0 Å². The number of carbonyl (C=O) groups excluding carboxylic acids is 1. The molecule has 0 aliphatic carbocycles. The number of hydrogen-bond acceptors (Lipinski definition) is 2. The lowest BCUT2D eigenvalue weighted by molar-refractivity contribution is 0.102. The minimum atomic E-state index is -0.302. The van der Waals surface area contributed by atoms with Crippen molar-refractivity contribution < 1.29 is 9.18 Å². The van der Waals surface area contributed by atoms with E-state index in [1.165, 1.54) is 17.7 Å². The number of benzene rings is 2. The molecule has 0 radical (unpaired) electrons. The Labute approximate surface area is 116 Å². The zero-order valence-electron chi connectivity index (χ0n) is 11.2. The van der Waals surface area contributed by atoms with Gasteiger partial charge in [0.25, 0.3) is 5.91 Å². The molecule has 0 saturated heterocycles. The predicted molar refractivity (Wildman–Crippen MR) is 76.1 cm³/mol. The molecule has 102 valence electrons. The van der Waals surface area contributed by atoms with Crippen LogP contribution in [0.3, 0.4) is 0 Å². The standard InChI is InChI=1S/C16H15FN2O/c1-10-6-14(17)4-5-15(10)19-16(20)11-2-3-12-8-18-9-13(12)7-11/h2-7,18H,8-9H2,1H3,(H,19,20). The van der Waals surface area contributed by atoms with Crippen LogP contribution in [0.1, 0.15) is 27.0 Å². The van der Waals surface area contributed by atoms with E-state index in [-0.39, 0.29) is 11.7 Å². The molecular weight excluding hydrogens is 255 g/mol. The Hall–Kier alpha value is -2.20. The van der Waals surface area contributed by atoms with Crippen molar-refractivity contribution >= 4 is 11.6 Å². The second kappa shape index (κ2) is 5.06. The smallest absolute Gasteiger partial charge is 0.255 e. The van der Waals surface area contributed by atoms with Crippen molar-refractivity contribution in [3.8, 4) is 0 Å². The fraction of sp³-hybridized carbons (Fsp3) is 0.188. The number of amides is 1. The summed E-state index contributed by atoms with van der Waals surface area (Å²) in [5, 5.41) is 6.06. The van der Waals surface area contributed by atoms with E-state index >= 15 is 0 Å². The van der Waals surface area contributed by atoms with Crippen LogP contribution in [0, 0.1) is 12.7 Å². The van der Waals surface area contributed by atoms with Crippen LogP contribution < -0.4 is 10.6 Å². The van der Waals surface area contributed by atoms with Crippen molar-refractivity contribution in [2.24, 2.45) is 0 Å². The van der Waals surface area contributed by atoms with Gasteiger partial charge in [0.1, 0.15) is 5.82 Å². The van der Waals surface area contributed by atoms with Gasteiger partial charge >= 0.3 is 0 Å². The van der Waals surface area contributed by atoms with Gasteiger partial charge in [-0.25, -0.2) is 4.39 Å². The molecule has 4 heteroatoms. The number of anilines is 1. The molecule has 1 aliphatic heterocycles. The van der Waals surface area contributed by atoms with Gasteiger partial charge in [-0.1, -0.05) is 6.07 Å². The van der Waals surface area contributed by atoms with Gasteiger partial charge in [-0.3, -0.25) is 4.79 Å². The number of halogens is 1. The van der Waals surface area contributed by atoms with Gasteiger partial charge in [-0.15, -0.1) is 0 Å². The van der Waals surface area contributed by atoms with Crippen molar-refractivity contribution in [1.29, 1.82) is 0 Å². The Kier molecular flexibility index (Phi) is 3.24. The Balaban J connectivity index is 1.82. The Morgan fingerprint density at radius 3 is 2.75 bits per heavy atom. The predicted octanol–water partition coefficient (Wildman–Crippen LogP) is 2.99. The highest BCUT2D eigenvalue weighted by molar-refractivity contribution is 6.04. The SMILES string of the molecule is Cc1cc(F)ccc1NC(=O)c1ccc2c(c1)CNC2. The number of fused-ring (bicyclic) bond motifs is 1. The molecule has 2 aromatic carbocycles. The van der Waals surface area contributed by atoms with Crippen LogP contribution in [-0.2, 0) is 13.1 Å². The van der Waals surface area contributed by atoms with Crippen molar-refractivity contribution in [2.45, 2.75) is 20.0 Å². The van der Waals surface area contributed by atoms with E-state index in [1.807, 2.05) is 18.2 Å². The molecule has 3 rings (SSSR count). The second-order valence-corrected chi connectivity index (χ2v) is 5.00. The summed E-state index contributed by atoms with van der Waals surface area (Å²) >= 11 is 0. The van der Waals surface area contributed by atoms with Crippen molar-refractivity contribution in [3.05, 3.63) is 64.5 Å². The fourth-order valence-electron chi connectivity index (χ4n) is 2.40. The largest absolute Gasteiger partial charge is 0.322 e. The summed E-state index contributed by atoms with van der Waals surface area (Å²) in [6, 6.07) is 10.0. The highest BCUT2D eigenvalue weighted by Crippen LogP contribution is 2.20. The second-order valence-electron chi connectivity index (χ2n) is 5.00. The molecule has 0 bridgehead atoms. The van der Waals surface area contributed by atoms with Gasteiger partial charge in [-0.05, 0) is 53.9 Å². The highest BCUT2D eigenvalue weighted by Gasteiger charge is 2.14. The summed E-state index contributed by atoms with van der Waals surface area (Å²) in [5.74, 6) is -0.474. The van der Waals surface area contributed by atoms with Crippen LogP contribution in [0.15, 0.2) is 36.4 Å². The molecule has 3 nitrogen and oxygen atoms in total. The summed E-state index contributed by atoms with van der Waals surface area (Å²) in [4.78, 5) is 12.2. The van der Waals surface area contributed by atoms with E-state index in [9.17, 15) is 9.18 Å². The third kappa shape index (κ3) is 2.42. The summed E-state index contributed by atoms with van der Waals surface area (Å²) < 4.78 is 13.0. The van der Waals surface area contributed by atoms with Gasteiger partial charge in [0.05, 0.1) is 0 Å². The Morgan fingerprint density at radius 1 is 1.15 bits per heavy atom. The van der Waals surface area contributed by atoms with Crippen molar-refractivity contribution in [1.82, 2.24) is 5.32 Å². The maximum atomic E-state index is 13.0.